The highest BCUT2D eigenvalue weighted by Gasteiger charge is 2.15. The Balaban J connectivity index is 2.69. The van der Waals surface area contributed by atoms with E-state index in [4.69, 9.17) is 9.47 Å². The molecule has 0 aliphatic carbocycles. The molecule has 1 aromatic carbocycles. The summed E-state index contributed by atoms with van der Waals surface area (Å²) in [5.74, 6) is 0.740. The van der Waals surface area contributed by atoms with Gasteiger partial charge >= 0.3 is 6.09 Å². The van der Waals surface area contributed by atoms with Crippen molar-refractivity contribution in [3.63, 3.8) is 0 Å². The molecule has 0 atom stereocenters. The molecule has 0 heterocycles. The number of ether oxygens (including phenoxy) is 2. The Morgan fingerprint density at radius 3 is 2.58 bits per heavy atom. The van der Waals surface area contributed by atoms with E-state index in [-0.39, 0.29) is 0 Å². The van der Waals surface area contributed by atoms with Crippen molar-refractivity contribution >= 4 is 11.8 Å². The number of hydrogen-bond acceptors (Lipinski definition) is 4. The van der Waals surface area contributed by atoms with Gasteiger partial charge in [-0.3, -0.25) is 0 Å². The second-order valence-corrected chi connectivity index (χ2v) is 5.04. The summed E-state index contributed by atoms with van der Waals surface area (Å²) in [5, 5.41) is 3.99. The van der Waals surface area contributed by atoms with Crippen LogP contribution in [0.2, 0.25) is 0 Å². The molecule has 0 aliphatic rings. The van der Waals surface area contributed by atoms with E-state index >= 15 is 0 Å². The van der Waals surface area contributed by atoms with Gasteiger partial charge < -0.3 is 9.47 Å². The van der Waals surface area contributed by atoms with E-state index in [0.717, 1.165) is 11.3 Å². The molecular weight excluding hydrogens is 244 g/mol. The van der Waals surface area contributed by atoms with Gasteiger partial charge in [-0.1, -0.05) is 12.1 Å². The predicted octanol–water partition coefficient (Wildman–Crippen LogP) is 2.94. The minimum absolute atomic E-state index is 0.538. The molecule has 19 heavy (non-hydrogen) atoms. The monoisotopic (exact) mass is 264 g/mol. The standard InChI is InChI=1S/C14H20N2O3/c1-10(11-7-6-8-12(9-11)18-5)15-16-13(17)19-14(2,3)4/h6-9H,1-5H3,(H,16,17)/b15-10+. The molecule has 1 aromatic rings. The Labute approximate surface area is 113 Å². The van der Waals surface area contributed by atoms with Crippen LogP contribution >= 0.6 is 0 Å². The van der Waals surface area contributed by atoms with Crippen LogP contribution < -0.4 is 10.2 Å². The number of benzene rings is 1. The van der Waals surface area contributed by atoms with Crippen LogP contribution in [0.25, 0.3) is 0 Å². The molecule has 0 bridgehead atoms. The van der Waals surface area contributed by atoms with Gasteiger partial charge in [0.2, 0.25) is 0 Å². The summed E-state index contributed by atoms with van der Waals surface area (Å²) in [6.45, 7) is 7.19. The number of hydrazone groups is 1. The van der Waals surface area contributed by atoms with Gasteiger partial charge in [-0.25, -0.2) is 10.2 Å². The number of rotatable bonds is 3. The highest BCUT2D eigenvalue weighted by atomic mass is 16.6. The summed E-state index contributed by atoms with van der Waals surface area (Å²) in [6, 6.07) is 7.44. The van der Waals surface area contributed by atoms with Crippen LogP contribution in [0.3, 0.4) is 0 Å². The Kier molecular flexibility index (Phi) is 4.92. The largest absolute Gasteiger partial charge is 0.497 e. The van der Waals surface area contributed by atoms with Gasteiger partial charge in [0, 0.05) is 5.56 Å². The van der Waals surface area contributed by atoms with Gasteiger partial charge in [-0.2, -0.15) is 5.10 Å². The Morgan fingerprint density at radius 1 is 1.32 bits per heavy atom. The number of hydrogen-bond donors (Lipinski definition) is 1. The number of nitrogens with one attached hydrogen (secondary N) is 1. The molecule has 104 valence electrons. The summed E-state index contributed by atoms with van der Waals surface area (Å²) in [4.78, 5) is 11.5. The Morgan fingerprint density at radius 2 is 2.00 bits per heavy atom. The molecule has 0 saturated carbocycles. The maximum atomic E-state index is 11.5. The molecule has 0 spiro atoms. The van der Waals surface area contributed by atoms with Crippen molar-refractivity contribution in [3.8, 4) is 5.75 Å². The zero-order chi connectivity index (χ0) is 14.5. The maximum absolute atomic E-state index is 11.5. The molecule has 0 aliphatic heterocycles. The number of amides is 1. The lowest BCUT2D eigenvalue weighted by Gasteiger charge is -2.18. The summed E-state index contributed by atoms with van der Waals surface area (Å²) < 4.78 is 10.2. The molecule has 0 saturated heterocycles. The first-order chi connectivity index (χ1) is 8.81. The van der Waals surface area contributed by atoms with Crippen molar-refractivity contribution in [2.45, 2.75) is 33.3 Å². The smallest absolute Gasteiger partial charge is 0.428 e. The predicted molar refractivity (Wildman–Crippen MR) is 74.6 cm³/mol. The fourth-order valence-electron chi connectivity index (χ4n) is 1.34. The summed E-state index contributed by atoms with van der Waals surface area (Å²) in [6.07, 6.45) is -0.574. The van der Waals surface area contributed by atoms with Crippen LogP contribution in [0.1, 0.15) is 33.3 Å². The highest BCUT2D eigenvalue weighted by molar-refractivity contribution is 5.99. The zero-order valence-electron chi connectivity index (χ0n) is 12.0. The van der Waals surface area contributed by atoms with Crippen molar-refractivity contribution in [1.29, 1.82) is 0 Å². The van der Waals surface area contributed by atoms with Crippen molar-refractivity contribution in [2.24, 2.45) is 5.10 Å². The van der Waals surface area contributed by atoms with Crippen LogP contribution in [0.15, 0.2) is 29.4 Å². The zero-order valence-corrected chi connectivity index (χ0v) is 12.0. The van der Waals surface area contributed by atoms with Crippen molar-refractivity contribution < 1.29 is 14.3 Å². The van der Waals surface area contributed by atoms with Crippen LogP contribution in [-0.4, -0.2) is 24.5 Å². The number of carbonyl (C=O) groups excluding carboxylic acids is 1. The number of nitrogens with zero attached hydrogens (tertiary/aromatic N) is 1. The van der Waals surface area contributed by atoms with E-state index in [1.54, 1.807) is 34.8 Å². The molecule has 5 heteroatoms. The van der Waals surface area contributed by atoms with Gasteiger partial charge in [0.1, 0.15) is 11.4 Å². The van der Waals surface area contributed by atoms with E-state index in [1.165, 1.54) is 0 Å². The summed E-state index contributed by atoms with van der Waals surface area (Å²) in [7, 11) is 1.60. The molecule has 1 N–H and O–H groups in total. The van der Waals surface area contributed by atoms with Gasteiger partial charge in [0.05, 0.1) is 12.8 Å². The number of methoxy groups -OCH3 is 1. The second-order valence-electron chi connectivity index (χ2n) is 5.04. The molecule has 5 nitrogen and oxygen atoms in total. The van der Waals surface area contributed by atoms with Gasteiger partial charge in [0.15, 0.2) is 0 Å². The maximum Gasteiger partial charge on any atom is 0.428 e. The fourth-order valence-corrected chi connectivity index (χ4v) is 1.34. The van der Waals surface area contributed by atoms with E-state index in [2.05, 4.69) is 10.5 Å². The summed E-state index contributed by atoms with van der Waals surface area (Å²) >= 11 is 0. The van der Waals surface area contributed by atoms with Crippen molar-refractivity contribution in [2.75, 3.05) is 7.11 Å². The minimum atomic E-state index is -0.574. The van der Waals surface area contributed by atoms with Crippen LogP contribution in [-0.2, 0) is 4.74 Å². The average Bonchev–Trinajstić information content (AvgIpc) is 2.34. The van der Waals surface area contributed by atoms with Crippen molar-refractivity contribution in [1.82, 2.24) is 5.43 Å². The average molecular weight is 264 g/mol. The van der Waals surface area contributed by atoms with E-state index in [9.17, 15) is 4.79 Å². The Hall–Kier alpha value is -2.04. The van der Waals surface area contributed by atoms with Crippen LogP contribution in [0.4, 0.5) is 4.79 Å². The number of carbonyl (C=O) groups is 1. The molecule has 0 radical (unpaired) electrons. The molecule has 0 unspecified atom stereocenters. The lowest BCUT2D eigenvalue weighted by molar-refractivity contribution is 0.0529. The molecule has 0 fully saturated rings. The van der Waals surface area contributed by atoms with Crippen molar-refractivity contribution in [3.05, 3.63) is 29.8 Å². The first-order valence-electron chi connectivity index (χ1n) is 5.99. The van der Waals surface area contributed by atoms with Crippen LogP contribution in [0, 0.1) is 0 Å². The quantitative estimate of drug-likeness (QED) is 0.674. The SMILES string of the molecule is COc1cccc(/C(C)=N/NC(=O)OC(C)(C)C)c1. The molecule has 1 rings (SSSR count). The summed E-state index contributed by atoms with van der Waals surface area (Å²) in [5.41, 5.74) is 3.36. The lowest BCUT2D eigenvalue weighted by atomic mass is 10.1. The third-order valence-electron chi connectivity index (χ3n) is 2.20. The van der Waals surface area contributed by atoms with Gasteiger partial charge in [0.25, 0.3) is 0 Å². The topological polar surface area (TPSA) is 59.9 Å². The molecule has 0 aromatic heterocycles. The first-order valence-corrected chi connectivity index (χ1v) is 5.99. The third-order valence-corrected chi connectivity index (χ3v) is 2.20. The normalized spacial score (nSPS) is 11.9. The minimum Gasteiger partial charge on any atom is -0.497 e. The lowest BCUT2D eigenvalue weighted by Crippen LogP contribution is -2.30. The van der Waals surface area contributed by atoms with E-state index < -0.39 is 11.7 Å². The third kappa shape index (κ3) is 5.42. The Bertz CT molecular complexity index is 476. The van der Waals surface area contributed by atoms with E-state index in [0.29, 0.717) is 5.71 Å². The highest BCUT2D eigenvalue weighted by Crippen LogP contribution is 2.13. The van der Waals surface area contributed by atoms with E-state index in [1.807, 2.05) is 24.3 Å². The first kappa shape index (κ1) is 15.0. The molecular formula is C14H20N2O3. The van der Waals surface area contributed by atoms with Crippen LogP contribution in [0.5, 0.6) is 5.75 Å². The molecule has 1 amide bonds. The second kappa shape index (κ2) is 6.22. The van der Waals surface area contributed by atoms with Gasteiger partial charge in [-0.05, 0) is 39.8 Å². The van der Waals surface area contributed by atoms with Gasteiger partial charge in [-0.15, -0.1) is 0 Å². The fraction of sp³-hybridized carbons (Fsp3) is 0.429.